The number of likely N-dealkylation sites (N-methyl/N-ethyl adjacent to an activating group) is 1. The maximum absolute atomic E-state index is 12.5. The standard InChI is InChI=1S/C8H14F2N2O2/c1-12-3-2-6(12)4-11-5-8(9,10)7(13)14/h6,11H,2-5H2,1H3,(H,13,14). The minimum atomic E-state index is -3.66. The van der Waals surface area contributed by atoms with Crippen molar-refractivity contribution in [3.63, 3.8) is 0 Å². The maximum Gasteiger partial charge on any atom is 0.375 e. The first-order valence-electron chi connectivity index (χ1n) is 4.45. The molecule has 0 aliphatic carbocycles. The summed E-state index contributed by atoms with van der Waals surface area (Å²) in [6.07, 6.45) is 0.974. The van der Waals surface area contributed by atoms with Gasteiger partial charge in [0.15, 0.2) is 0 Å². The zero-order valence-electron chi connectivity index (χ0n) is 7.96. The number of carboxylic acid groups (broad SMARTS) is 1. The largest absolute Gasteiger partial charge is 0.477 e. The van der Waals surface area contributed by atoms with Crippen molar-refractivity contribution in [3.05, 3.63) is 0 Å². The van der Waals surface area contributed by atoms with E-state index < -0.39 is 18.4 Å². The van der Waals surface area contributed by atoms with E-state index in [9.17, 15) is 13.6 Å². The van der Waals surface area contributed by atoms with Gasteiger partial charge in [0.1, 0.15) is 0 Å². The summed E-state index contributed by atoms with van der Waals surface area (Å²) in [6.45, 7) is 0.591. The molecule has 0 bridgehead atoms. The lowest BCUT2D eigenvalue weighted by Gasteiger charge is -2.38. The van der Waals surface area contributed by atoms with Gasteiger partial charge < -0.3 is 15.3 Å². The summed E-state index contributed by atoms with van der Waals surface area (Å²) in [5, 5.41) is 10.6. The van der Waals surface area contributed by atoms with Crippen LogP contribution in [0.2, 0.25) is 0 Å². The Kier molecular flexibility index (Phi) is 3.38. The summed E-state index contributed by atoms with van der Waals surface area (Å²) >= 11 is 0. The average Bonchev–Trinajstić information content (AvgIpc) is 2.09. The molecule has 0 saturated carbocycles. The molecular weight excluding hydrogens is 194 g/mol. The summed E-state index contributed by atoms with van der Waals surface area (Å²) < 4.78 is 25.1. The van der Waals surface area contributed by atoms with E-state index in [2.05, 4.69) is 5.32 Å². The van der Waals surface area contributed by atoms with Crippen LogP contribution in [0.25, 0.3) is 0 Å². The predicted molar refractivity (Wildman–Crippen MR) is 46.5 cm³/mol. The lowest BCUT2D eigenvalue weighted by atomic mass is 10.1. The second-order valence-corrected chi connectivity index (χ2v) is 3.56. The molecule has 6 heteroatoms. The molecule has 2 N–H and O–H groups in total. The summed E-state index contributed by atoms with van der Waals surface area (Å²) in [5.41, 5.74) is 0. The zero-order valence-corrected chi connectivity index (χ0v) is 7.96. The van der Waals surface area contributed by atoms with Gasteiger partial charge in [-0.2, -0.15) is 8.78 Å². The Morgan fingerprint density at radius 3 is 2.71 bits per heavy atom. The van der Waals surface area contributed by atoms with Crippen LogP contribution in [0, 0.1) is 0 Å². The summed E-state index contributed by atoms with van der Waals surface area (Å²) in [5.74, 6) is -5.74. The molecule has 0 radical (unpaired) electrons. The Bertz CT molecular complexity index is 223. The second-order valence-electron chi connectivity index (χ2n) is 3.56. The fraction of sp³-hybridized carbons (Fsp3) is 0.875. The molecule has 1 rings (SSSR count). The van der Waals surface area contributed by atoms with E-state index in [1.807, 2.05) is 11.9 Å². The van der Waals surface area contributed by atoms with Gasteiger partial charge in [-0.25, -0.2) is 4.79 Å². The molecule has 1 heterocycles. The Morgan fingerprint density at radius 1 is 1.71 bits per heavy atom. The first-order valence-corrected chi connectivity index (χ1v) is 4.45. The molecule has 0 aromatic carbocycles. The molecule has 1 saturated heterocycles. The molecule has 0 amide bonds. The molecule has 0 aromatic rings. The number of nitrogens with zero attached hydrogens (tertiary/aromatic N) is 1. The number of likely N-dealkylation sites (tertiary alicyclic amines) is 1. The highest BCUT2D eigenvalue weighted by molar-refractivity contribution is 5.75. The van der Waals surface area contributed by atoms with Crippen LogP contribution < -0.4 is 5.32 Å². The SMILES string of the molecule is CN1CCC1CNCC(F)(F)C(=O)O. The molecular formula is C8H14F2N2O2. The normalized spacial score (nSPS) is 23.2. The Labute approximate surface area is 80.9 Å². The molecule has 0 aromatic heterocycles. The van der Waals surface area contributed by atoms with Gasteiger partial charge in [-0.1, -0.05) is 0 Å². The molecule has 4 nitrogen and oxygen atoms in total. The highest BCUT2D eigenvalue weighted by Gasteiger charge is 2.38. The number of hydrogen-bond acceptors (Lipinski definition) is 3. The van der Waals surface area contributed by atoms with Gasteiger partial charge in [-0.05, 0) is 20.0 Å². The van der Waals surface area contributed by atoms with Crippen LogP contribution in [0.4, 0.5) is 8.78 Å². The van der Waals surface area contributed by atoms with Crippen molar-refractivity contribution < 1.29 is 18.7 Å². The first-order chi connectivity index (χ1) is 6.43. The number of hydrogen-bond donors (Lipinski definition) is 2. The lowest BCUT2D eigenvalue weighted by molar-refractivity contribution is -0.164. The van der Waals surface area contributed by atoms with E-state index in [4.69, 9.17) is 5.11 Å². The summed E-state index contributed by atoms with van der Waals surface area (Å²) in [7, 11) is 1.91. The van der Waals surface area contributed by atoms with Crippen molar-refractivity contribution >= 4 is 5.97 Å². The van der Waals surface area contributed by atoms with Gasteiger partial charge in [-0.15, -0.1) is 0 Å². The summed E-state index contributed by atoms with van der Waals surface area (Å²) in [6, 6.07) is 0.264. The smallest absolute Gasteiger partial charge is 0.375 e. The molecule has 0 spiro atoms. The average molecular weight is 208 g/mol. The van der Waals surface area contributed by atoms with E-state index in [0.717, 1.165) is 13.0 Å². The second kappa shape index (κ2) is 4.18. The number of rotatable bonds is 5. The maximum atomic E-state index is 12.5. The van der Waals surface area contributed by atoms with E-state index in [1.54, 1.807) is 0 Å². The number of aliphatic carboxylic acids is 1. The predicted octanol–water partition coefficient (Wildman–Crippen LogP) is -0.000000000000000500. The van der Waals surface area contributed by atoms with Gasteiger partial charge in [0.05, 0.1) is 6.54 Å². The van der Waals surface area contributed by atoms with E-state index in [1.165, 1.54) is 0 Å². The number of carbonyl (C=O) groups is 1. The van der Waals surface area contributed by atoms with Crippen molar-refractivity contribution in [3.8, 4) is 0 Å². The van der Waals surface area contributed by atoms with E-state index in [-0.39, 0.29) is 6.04 Å². The van der Waals surface area contributed by atoms with Crippen molar-refractivity contribution in [1.29, 1.82) is 0 Å². The van der Waals surface area contributed by atoms with E-state index >= 15 is 0 Å². The van der Waals surface area contributed by atoms with Crippen LogP contribution in [0.15, 0.2) is 0 Å². The van der Waals surface area contributed by atoms with Gasteiger partial charge in [0.2, 0.25) is 0 Å². The molecule has 14 heavy (non-hydrogen) atoms. The van der Waals surface area contributed by atoms with Gasteiger partial charge in [0, 0.05) is 12.6 Å². The van der Waals surface area contributed by atoms with Crippen LogP contribution in [0.5, 0.6) is 0 Å². The van der Waals surface area contributed by atoms with Gasteiger partial charge >= 0.3 is 11.9 Å². The molecule has 1 unspecified atom stereocenters. The summed E-state index contributed by atoms with van der Waals surface area (Å²) in [4.78, 5) is 12.1. The van der Waals surface area contributed by atoms with Crippen LogP contribution in [0.1, 0.15) is 6.42 Å². The van der Waals surface area contributed by atoms with Crippen molar-refractivity contribution in [2.24, 2.45) is 0 Å². The van der Waals surface area contributed by atoms with Crippen molar-refractivity contribution in [2.75, 3.05) is 26.7 Å². The first kappa shape index (κ1) is 11.3. The molecule has 82 valence electrons. The van der Waals surface area contributed by atoms with Gasteiger partial charge in [-0.3, -0.25) is 0 Å². The van der Waals surface area contributed by atoms with Crippen LogP contribution in [-0.4, -0.2) is 54.6 Å². The monoisotopic (exact) mass is 208 g/mol. The topological polar surface area (TPSA) is 52.6 Å². The third kappa shape index (κ3) is 2.62. The van der Waals surface area contributed by atoms with Crippen LogP contribution in [0.3, 0.4) is 0 Å². The Hall–Kier alpha value is -0.750. The molecule has 1 aliphatic heterocycles. The molecule has 1 fully saturated rings. The number of carboxylic acids is 1. The fourth-order valence-electron chi connectivity index (χ4n) is 1.30. The molecule has 1 atom stereocenters. The molecule has 1 aliphatic rings. The zero-order chi connectivity index (χ0) is 10.8. The lowest BCUT2D eigenvalue weighted by Crippen LogP contribution is -2.52. The quantitative estimate of drug-likeness (QED) is 0.667. The highest BCUT2D eigenvalue weighted by Crippen LogP contribution is 2.14. The third-order valence-corrected chi connectivity index (χ3v) is 2.48. The fourth-order valence-corrected chi connectivity index (χ4v) is 1.30. The third-order valence-electron chi connectivity index (χ3n) is 2.48. The van der Waals surface area contributed by atoms with E-state index in [0.29, 0.717) is 6.54 Å². The minimum Gasteiger partial charge on any atom is -0.477 e. The minimum absolute atomic E-state index is 0.264. The Balaban J connectivity index is 2.17. The van der Waals surface area contributed by atoms with Crippen LogP contribution >= 0.6 is 0 Å². The number of halogens is 2. The number of alkyl halides is 2. The van der Waals surface area contributed by atoms with Crippen LogP contribution in [-0.2, 0) is 4.79 Å². The Morgan fingerprint density at radius 2 is 2.36 bits per heavy atom. The number of nitrogens with one attached hydrogen (secondary N) is 1. The highest BCUT2D eigenvalue weighted by atomic mass is 19.3. The van der Waals surface area contributed by atoms with Crippen molar-refractivity contribution in [1.82, 2.24) is 10.2 Å². The van der Waals surface area contributed by atoms with Gasteiger partial charge in [0.25, 0.3) is 0 Å². The van der Waals surface area contributed by atoms with Crippen molar-refractivity contribution in [2.45, 2.75) is 18.4 Å².